The van der Waals surface area contributed by atoms with Gasteiger partial charge >= 0.3 is 0 Å². The van der Waals surface area contributed by atoms with Gasteiger partial charge in [0.25, 0.3) is 0 Å². The summed E-state index contributed by atoms with van der Waals surface area (Å²) in [5.41, 5.74) is 4.04. The summed E-state index contributed by atoms with van der Waals surface area (Å²) in [5, 5.41) is 6.17. The Balaban J connectivity index is 1.36. The molecule has 1 fully saturated rings. The van der Waals surface area contributed by atoms with Crippen molar-refractivity contribution in [2.75, 3.05) is 30.3 Å². The minimum Gasteiger partial charge on any atom is -0.354 e. The molecule has 2 aromatic rings. The number of piperidine rings is 1. The van der Waals surface area contributed by atoms with Crippen molar-refractivity contribution < 1.29 is 4.79 Å². The number of carbonyl (C=O) groups excluding carboxylic acids is 1. The Morgan fingerprint density at radius 2 is 1.76 bits per heavy atom. The predicted molar refractivity (Wildman–Crippen MR) is 118 cm³/mol. The zero-order chi connectivity index (χ0) is 20.6. The van der Waals surface area contributed by atoms with Crippen molar-refractivity contribution in [1.29, 1.82) is 0 Å². The molecule has 29 heavy (non-hydrogen) atoms. The van der Waals surface area contributed by atoms with Crippen LogP contribution in [0.3, 0.4) is 0 Å². The van der Waals surface area contributed by atoms with E-state index in [2.05, 4.69) is 44.6 Å². The number of aromatic nitrogens is 2. The van der Waals surface area contributed by atoms with Gasteiger partial charge in [0.15, 0.2) is 0 Å². The second-order valence-corrected chi connectivity index (χ2v) is 8.21. The van der Waals surface area contributed by atoms with Crippen LogP contribution in [0.4, 0.5) is 11.6 Å². The Bertz CT molecular complexity index is 777. The molecule has 1 aliphatic rings. The van der Waals surface area contributed by atoms with Crippen LogP contribution in [0.1, 0.15) is 49.6 Å². The zero-order valence-electron chi connectivity index (χ0n) is 17.9. The first-order valence-corrected chi connectivity index (χ1v) is 10.7. The normalized spacial score (nSPS) is 15.3. The molecular weight excluding hydrogens is 362 g/mol. The van der Waals surface area contributed by atoms with Gasteiger partial charge < -0.3 is 10.6 Å². The Morgan fingerprint density at radius 3 is 2.41 bits per heavy atom. The maximum Gasteiger partial charge on any atom is 0.224 e. The lowest BCUT2D eigenvalue weighted by Crippen LogP contribution is -2.32. The van der Waals surface area contributed by atoms with Gasteiger partial charge in [-0.15, -0.1) is 0 Å². The molecule has 1 aromatic heterocycles. The molecule has 0 unspecified atom stereocenters. The SMILES string of the molecule is Cc1cc(C)nc(NCCCC(=O)Nc2ccc(CN3CCC(C)CC3)cc2)n1. The molecule has 2 N–H and O–H groups in total. The highest BCUT2D eigenvalue weighted by Crippen LogP contribution is 2.19. The van der Waals surface area contributed by atoms with Gasteiger partial charge in [0.1, 0.15) is 0 Å². The highest BCUT2D eigenvalue weighted by atomic mass is 16.1. The second-order valence-electron chi connectivity index (χ2n) is 8.21. The van der Waals surface area contributed by atoms with Crippen molar-refractivity contribution in [3.05, 3.63) is 47.3 Å². The van der Waals surface area contributed by atoms with Gasteiger partial charge in [0.2, 0.25) is 11.9 Å². The summed E-state index contributed by atoms with van der Waals surface area (Å²) in [6.45, 7) is 10.3. The van der Waals surface area contributed by atoms with Crippen molar-refractivity contribution in [2.45, 2.75) is 53.0 Å². The Labute approximate surface area is 174 Å². The number of hydrogen-bond acceptors (Lipinski definition) is 5. The first-order valence-electron chi connectivity index (χ1n) is 10.7. The Morgan fingerprint density at radius 1 is 1.10 bits per heavy atom. The van der Waals surface area contributed by atoms with Gasteiger partial charge in [-0.05, 0) is 75.9 Å². The molecule has 1 aromatic carbocycles. The van der Waals surface area contributed by atoms with E-state index in [1.54, 1.807) is 0 Å². The number of aryl methyl sites for hydroxylation is 2. The fourth-order valence-electron chi connectivity index (χ4n) is 3.65. The van der Waals surface area contributed by atoms with Gasteiger partial charge in [-0.2, -0.15) is 0 Å². The van der Waals surface area contributed by atoms with Crippen LogP contribution in [-0.4, -0.2) is 40.4 Å². The largest absolute Gasteiger partial charge is 0.354 e. The highest BCUT2D eigenvalue weighted by molar-refractivity contribution is 5.90. The van der Waals surface area contributed by atoms with Gasteiger partial charge in [-0.3, -0.25) is 9.69 Å². The molecule has 0 radical (unpaired) electrons. The minimum atomic E-state index is 0.0332. The fourth-order valence-corrected chi connectivity index (χ4v) is 3.65. The number of carbonyl (C=O) groups is 1. The number of rotatable bonds is 8. The monoisotopic (exact) mass is 395 g/mol. The standard InChI is InChI=1S/C23H33N5O/c1-17-10-13-28(14-11-17)16-20-6-8-21(9-7-20)27-22(29)5-4-12-24-23-25-18(2)15-19(3)26-23/h6-9,15,17H,4-5,10-14,16H2,1-3H3,(H,27,29)(H,24,25,26). The maximum atomic E-state index is 12.2. The van der Waals surface area contributed by atoms with Crippen LogP contribution in [-0.2, 0) is 11.3 Å². The molecule has 0 atom stereocenters. The number of anilines is 2. The highest BCUT2D eigenvalue weighted by Gasteiger charge is 2.15. The molecule has 6 heteroatoms. The van der Waals surface area contributed by atoms with Gasteiger partial charge in [0.05, 0.1) is 0 Å². The van der Waals surface area contributed by atoms with E-state index < -0.39 is 0 Å². The molecule has 1 amide bonds. The molecule has 1 saturated heterocycles. The van der Waals surface area contributed by atoms with E-state index in [1.165, 1.54) is 31.5 Å². The van der Waals surface area contributed by atoms with E-state index in [0.717, 1.165) is 36.0 Å². The first-order chi connectivity index (χ1) is 14.0. The van der Waals surface area contributed by atoms with Crippen molar-refractivity contribution in [1.82, 2.24) is 14.9 Å². The summed E-state index contributed by atoms with van der Waals surface area (Å²) < 4.78 is 0. The topological polar surface area (TPSA) is 70.2 Å². The first kappa shape index (κ1) is 21.2. The van der Waals surface area contributed by atoms with E-state index in [9.17, 15) is 4.79 Å². The average molecular weight is 396 g/mol. The number of hydrogen-bond donors (Lipinski definition) is 2. The summed E-state index contributed by atoms with van der Waals surface area (Å²) >= 11 is 0. The van der Waals surface area contributed by atoms with Crippen LogP contribution in [0.5, 0.6) is 0 Å². The summed E-state index contributed by atoms with van der Waals surface area (Å²) in [6, 6.07) is 10.2. The number of nitrogens with one attached hydrogen (secondary N) is 2. The Kier molecular flexibility index (Phi) is 7.58. The molecule has 3 rings (SSSR count). The minimum absolute atomic E-state index is 0.0332. The van der Waals surface area contributed by atoms with E-state index >= 15 is 0 Å². The lowest BCUT2D eigenvalue weighted by molar-refractivity contribution is -0.116. The molecule has 0 aliphatic carbocycles. The molecule has 0 bridgehead atoms. The molecule has 0 saturated carbocycles. The van der Waals surface area contributed by atoms with E-state index in [-0.39, 0.29) is 5.91 Å². The number of amides is 1. The van der Waals surface area contributed by atoms with Crippen molar-refractivity contribution in [3.63, 3.8) is 0 Å². The Hall–Kier alpha value is -2.47. The zero-order valence-corrected chi connectivity index (χ0v) is 17.9. The lowest BCUT2D eigenvalue weighted by atomic mass is 9.99. The molecule has 6 nitrogen and oxygen atoms in total. The van der Waals surface area contributed by atoms with Crippen LogP contribution in [0.25, 0.3) is 0 Å². The quantitative estimate of drug-likeness (QED) is 0.657. The summed E-state index contributed by atoms with van der Waals surface area (Å²) in [5.74, 6) is 1.51. The van der Waals surface area contributed by atoms with Crippen LogP contribution < -0.4 is 10.6 Å². The third-order valence-corrected chi connectivity index (χ3v) is 5.37. The van der Waals surface area contributed by atoms with Crippen molar-refractivity contribution >= 4 is 17.5 Å². The van der Waals surface area contributed by atoms with Crippen molar-refractivity contribution in [2.24, 2.45) is 5.92 Å². The maximum absolute atomic E-state index is 12.2. The van der Waals surface area contributed by atoms with Crippen LogP contribution in [0, 0.1) is 19.8 Å². The van der Waals surface area contributed by atoms with Gasteiger partial charge in [0, 0.05) is 36.6 Å². The third kappa shape index (κ3) is 7.13. The molecule has 156 valence electrons. The van der Waals surface area contributed by atoms with Crippen molar-refractivity contribution in [3.8, 4) is 0 Å². The van der Waals surface area contributed by atoms with E-state index in [0.29, 0.717) is 18.9 Å². The van der Waals surface area contributed by atoms with Crippen LogP contribution in [0.2, 0.25) is 0 Å². The lowest BCUT2D eigenvalue weighted by Gasteiger charge is -2.30. The smallest absolute Gasteiger partial charge is 0.224 e. The third-order valence-electron chi connectivity index (χ3n) is 5.37. The molecule has 2 heterocycles. The van der Waals surface area contributed by atoms with E-state index in [4.69, 9.17) is 0 Å². The molecular formula is C23H33N5O. The number of nitrogens with zero attached hydrogens (tertiary/aromatic N) is 3. The molecule has 1 aliphatic heterocycles. The van der Waals surface area contributed by atoms with Crippen LogP contribution in [0.15, 0.2) is 30.3 Å². The average Bonchev–Trinajstić information content (AvgIpc) is 2.68. The second kappa shape index (κ2) is 10.3. The summed E-state index contributed by atoms with van der Waals surface area (Å²) in [6.07, 6.45) is 3.77. The van der Waals surface area contributed by atoms with Gasteiger partial charge in [-0.25, -0.2) is 9.97 Å². The van der Waals surface area contributed by atoms with E-state index in [1.807, 2.05) is 32.0 Å². The predicted octanol–water partition coefficient (Wildman–Crippen LogP) is 4.16. The number of likely N-dealkylation sites (tertiary alicyclic amines) is 1. The fraction of sp³-hybridized carbons (Fsp3) is 0.522. The van der Waals surface area contributed by atoms with Gasteiger partial charge in [-0.1, -0.05) is 19.1 Å². The molecule has 0 spiro atoms. The summed E-state index contributed by atoms with van der Waals surface area (Å²) in [7, 11) is 0. The summed E-state index contributed by atoms with van der Waals surface area (Å²) in [4.78, 5) is 23.4. The van der Waals surface area contributed by atoms with Crippen LogP contribution >= 0.6 is 0 Å². The number of benzene rings is 1.